The zero-order valence-electron chi connectivity index (χ0n) is 13.0. The fourth-order valence-electron chi connectivity index (χ4n) is 2.45. The number of carbonyl (C=O) groups excluding carboxylic acids is 1. The minimum atomic E-state index is -0.910. The number of carboxylic acid groups (broad SMARTS) is 1. The average Bonchev–Trinajstić information content (AvgIpc) is 2.57. The SMILES string of the molecule is CC(C)N1CCC(CC(=O)O)(NC(=O)OC(C)(C)C)C1. The van der Waals surface area contributed by atoms with Crippen LogP contribution in [0.1, 0.15) is 47.5 Å². The van der Waals surface area contributed by atoms with Crippen LogP contribution in [0.2, 0.25) is 0 Å². The molecule has 0 spiro atoms. The van der Waals surface area contributed by atoms with Crippen LogP contribution in [0, 0.1) is 0 Å². The topological polar surface area (TPSA) is 78.9 Å². The lowest BCUT2D eigenvalue weighted by atomic mass is 9.94. The zero-order valence-corrected chi connectivity index (χ0v) is 13.0. The first kappa shape index (κ1) is 16.8. The van der Waals surface area contributed by atoms with Crippen LogP contribution < -0.4 is 5.32 Å². The summed E-state index contributed by atoms with van der Waals surface area (Å²) in [6.45, 7) is 10.8. The minimum absolute atomic E-state index is 0.0878. The number of hydrogen-bond acceptors (Lipinski definition) is 4. The highest BCUT2D eigenvalue weighted by atomic mass is 16.6. The predicted octanol–water partition coefficient (Wildman–Crippen LogP) is 1.84. The van der Waals surface area contributed by atoms with E-state index in [1.54, 1.807) is 20.8 Å². The second-order valence-corrected chi connectivity index (χ2v) is 6.79. The lowest BCUT2D eigenvalue weighted by molar-refractivity contribution is -0.138. The molecule has 0 aromatic heterocycles. The summed E-state index contributed by atoms with van der Waals surface area (Å²) in [5, 5.41) is 11.9. The molecule has 0 aliphatic carbocycles. The number of nitrogens with one attached hydrogen (secondary N) is 1. The Kier molecular flexibility index (Phi) is 5.02. The Morgan fingerprint density at radius 1 is 1.40 bits per heavy atom. The summed E-state index contributed by atoms with van der Waals surface area (Å²) in [4.78, 5) is 25.2. The molecule has 0 saturated carbocycles. The number of amides is 1. The highest BCUT2D eigenvalue weighted by Crippen LogP contribution is 2.27. The monoisotopic (exact) mass is 286 g/mol. The van der Waals surface area contributed by atoms with Gasteiger partial charge in [-0.05, 0) is 41.0 Å². The van der Waals surface area contributed by atoms with Gasteiger partial charge in [0.25, 0.3) is 0 Å². The first-order valence-electron chi connectivity index (χ1n) is 7.00. The molecule has 1 aliphatic rings. The van der Waals surface area contributed by atoms with Crippen molar-refractivity contribution in [2.45, 2.75) is 64.6 Å². The molecule has 0 aromatic rings. The molecular formula is C14H26N2O4. The fourth-order valence-corrected chi connectivity index (χ4v) is 2.45. The maximum Gasteiger partial charge on any atom is 0.408 e. The number of alkyl carbamates (subject to hydrolysis) is 1. The maximum atomic E-state index is 11.9. The van der Waals surface area contributed by atoms with Crippen LogP contribution in [-0.4, -0.2) is 52.3 Å². The van der Waals surface area contributed by atoms with Crippen molar-refractivity contribution in [1.29, 1.82) is 0 Å². The van der Waals surface area contributed by atoms with Crippen molar-refractivity contribution in [2.24, 2.45) is 0 Å². The van der Waals surface area contributed by atoms with Crippen LogP contribution >= 0.6 is 0 Å². The summed E-state index contributed by atoms with van der Waals surface area (Å²) < 4.78 is 5.24. The highest BCUT2D eigenvalue weighted by Gasteiger charge is 2.42. The van der Waals surface area contributed by atoms with Gasteiger partial charge in [-0.3, -0.25) is 9.69 Å². The Bertz CT molecular complexity index is 376. The fraction of sp³-hybridized carbons (Fsp3) is 0.857. The number of rotatable bonds is 4. The molecule has 1 amide bonds. The van der Waals surface area contributed by atoms with E-state index < -0.39 is 23.2 Å². The molecule has 6 nitrogen and oxygen atoms in total. The largest absolute Gasteiger partial charge is 0.481 e. The number of ether oxygens (including phenoxy) is 1. The Labute approximate surface area is 120 Å². The molecule has 6 heteroatoms. The standard InChI is InChI=1S/C14H26N2O4/c1-10(2)16-7-6-14(9-16,8-11(17)18)15-12(19)20-13(3,4)5/h10H,6-9H2,1-5H3,(H,15,19)(H,17,18). The van der Waals surface area contributed by atoms with Gasteiger partial charge >= 0.3 is 12.1 Å². The Balaban J connectivity index is 2.76. The van der Waals surface area contributed by atoms with Gasteiger partial charge < -0.3 is 15.2 Å². The summed E-state index contributed by atoms with van der Waals surface area (Å²) in [6.07, 6.45) is -0.0176. The first-order chi connectivity index (χ1) is 9.03. The van der Waals surface area contributed by atoms with Crippen molar-refractivity contribution in [3.8, 4) is 0 Å². The third kappa shape index (κ3) is 5.00. The van der Waals surface area contributed by atoms with Crippen LogP contribution in [0.3, 0.4) is 0 Å². The second-order valence-electron chi connectivity index (χ2n) is 6.79. The molecule has 0 aromatic carbocycles. The number of nitrogens with zero attached hydrogens (tertiary/aromatic N) is 1. The lowest BCUT2D eigenvalue weighted by Crippen LogP contribution is -2.53. The summed E-state index contributed by atoms with van der Waals surface area (Å²) in [7, 11) is 0. The van der Waals surface area contributed by atoms with Gasteiger partial charge in [0.1, 0.15) is 5.60 Å². The van der Waals surface area contributed by atoms with Crippen LogP contribution in [0.15, 0.2) is 0 Å². The molecule has 1 unspecified atom stereocenters. The van der Waals surface area contributed by atoms with Crippen molar-refractivity contribution >= 4 is 12.1 Å². The normalized spacial score (nSPS) is 23.9. The molecule has 2 N–H and O–H groups in total. The van der Waals surface area contributed by atoms with E-state index in [9.17, 15) is 9.59 Å². The van der Waals surface area contributed by atoms with Gasteiger partial charge in [-0.2, -0.15) is 0 Å². The van der Waals surface area contributed by atoms with E-state index in [-0.39, 0.29) is 6.42 Å². The minimum Gasteiger partial charge on any atom is -0.481 e. The van der Waals surface area contributed by atoms with Crippen LogP contribution in [0.5, 0.6) is 0 Å². The number of hydrogen-bond donors (Lipinski definition) is 2. The Morgan fingerprint density at radius 3 is 2.40 bits per heavy atom. The molecule has 1 atom stereocenters. The average molecular weight is 286 g/mol. The van der Waals surface area contributed by atoms with E-state index in [2.05, 4.69) is 24.1 Å². The third-order valence-electron chi connectivity index (χ3n) is 3.37. The van der Waals surface area contributed by atoms with Gasteiger partial charge in [-0.25, -0.2) is 4.79 Å². The number of aliphatic carboxylic acids is 1. The van der Waals surface area contributed by atoms with E-state index in [4.69, 9.17) is 9.84 Å². The van der Waals surface area contributed by atoms with Crippen LogP contribution in [0.4, 0.5) is 4.79 Å². The van der Waals surface area contributed by atoms with Gasteiger partial charge in [0.2, 0.25) is 0 Å². The van der Waals surface area contributed by atoms with E-state index >= 15 is 0 Å². The van der Waals surface area contributed by atoms with Gasteiger partial charge in [0, 0.05) is 19.1 Å². The molecule has 116 valence electrons. The van der Waals surface area contributed by atoms with E-state index in [1.165, 1.54) is 0 Å². The van der Waals surface area contributed by atoms with Crippen molar-refractivity contribution in [3.05, 3.63) is 0 Å². The van der Waals surface area contributed by atoms with Crippen molar-refractivity contribution < 1.29 is 19.4 Å². The molecule has 0 bridgehead atoms. The Morgan fingerprint density at radius 2 is 2.00 bits per heavy atom. The van der Waals surface area contributed by atoms with Crippen molar-refractivity contribution in [3.63, 3.8) is 0 Å². The summed E-state index contributed by atoms with van der Waals surface area (Å²) in [5.41, 5.74) is -1.33. The molecule has 1 rings (SSSR count). The third-order valence-corrected chi connectivity index (χ3v) is 3.37. The molecule has 1 saturated heterocycles. The van der Waals surface area contributed by atoms with Crippen LogP contribution in [0.25, 0.3) is 0 Å². The van der Waals surface area contributed by atoms with Crippen molar-refractivity contribution in [1.82, 2.24) is 10.2 Å². The van der Waals surface area contributed by atoms with Gasteiger partial charge in [0.15, 0.2) is 0 Å². The number of likely N-dealkylation sites (tertiary alicyclic amines) is 1. The van der Waals surface area contributed by atoms with Gasteiger partial charge in [-0.15, -0.1) is 0 Å². The second kappa shape index (κ2) is 5.99. The van der Waals surface area contributed by atoms with Crippen LogP contribution in [-0.2, 0) is 9.53 Å². The number of carboxylic acids is 1. The summed E-state index contributed by atoms with van der Waals surface area (Å²) in [6, 6.07) is 0.325. The summed E-state index contributed by atoms with van der Waals surface area (Å²) in [5.74, 6) is -0.910. The molecule has 20 heavy (non-hydrogen) atoms. The Hall–Kier alpha value is -1.30. The molecule has 1 fully saturated rings. The zero-order chi connectivity index (χ0) is 15.6. The predicted molar refractivity (Wildman–Crippen MR) is 75.7 cm³/mol. The molecule has 0 radical (unpaired) electrons. The highest BCUT2D eigenvalue weighted by molar-refractivity contribution is 5.73. The lowest BCUT2D eigenvalue weighted by Gasteiger charge is -2.31. The molecule has 1 heterocycles. The first-order valence-corrected chi connectivity index (χ1v) is 7.00. The smallest absolute Gasteiger partial charge is 0.408 e. The van der Waals surface area contributed by atoms with Crippen molar-refractivity contribution in [2.75, 3.05) is 13.1 Å². The van der Waals surface area contributed by atoms with E-state index in [0.717, 1.165) is 6.54 Å². The van der Waals surface area contributed by atoms with Gasteiger partial charge in [-0.1, -0.05) is 0 Å². The quantitative estimate of drug-likeness (QED) is 0.824. The van der Waals surface area contributed by atoms with E-state index in [0.29, 0.717) is 19.0 Å². The molecule has 1 aliphatic heterocycles. The van der Waals surface area contributed by atoms with E-state index in [1.807, 2.05) is 0 Å². The number of carbonyl (C=O) groups is 2. The maximum absolute atomic E-state index is 11.9. The van der Waals surface area contributed by atoms with Gasteiger partial charge in [0.05, 0.1) is 12.0 Å². The summed E-state index contributed by atoms with van der Waals surface area (Å²) >= 11 is 0. The molecular weight excluding hydrogens is 260 g/mol.